The summed E-state index contributed by atoms with van der Waals surface area (Å²) in [6, 6.07) is 29.3. The molecule has 0 aliphatic rings. The number of hydrogen-bond donors (Lipinski definition) is 3. The van der Waals surface area contributed by atoms with Crippen molar-refractivity contribution >= 4 is 83.9 Å². The van der Waals surface area contributed by atoms with Gasteiger partial charge in [0.25, 0.3) is 11.8 Å². The fourth-order valence-corrected chi connectivity index (χ4v) is 5.92. The lowest BCUT2D eigenvalue weighted by atomic mass is 10.1. The highest BCUT2D eigenvalue weighted by Crippen LogP contribution is 2.27. The lowest BCUT2D eigenvalue weighted by Crippen LogP contribution is -2.30. The quantitative estimate of drug-likeness (QED) is 0.113. The van der Waals surface area contributed by atoms with E-state index in [0.717, 1.165) is 30.7 Å². The summed E-state index contributed by atoms with van der Waals surface area (Å²) in [7, 11) is 0. The number of aryl methyl sites for hydroxylation is 1. The number of halogens is 1. The molecule has 0 spiro atoms. The van der Waals surface area contributed by atoms with Crippen molar-refractivity contribution in [2.24, 2.45) is 0 Å². The van der Waals surface area contributed by atoms with Crippen molar-refractivity contribution in [1.82, 2.24) is 10.3 Å². The zero-order valence-corrected chi connectivity index (χ0v) is 25.6. The third-order valence-electron chi connectivity index (χ3n) is 5.96. The van der Waals surface area contributed by atoms with Gasteiger partial charge >= 0.3 is 0 Å². The maximum atomic E-state index is 13.3. The fraction of sp³-hybridized carbons (Fsp3) is 0.0625. The molecular weight excluding hydrogens is 632 g/mol. The zero-order valence-electron chi connectivity index (χ0n) is 22.4. The first-order chi connectivity index (χ1) is 20.3. The number of thiazole rings is 1. The molecule has 210 valence electrons. The summed E-state index contributed by atoms with van der Waals surface area (Å²) in [4.78, 5) is 44.1. The van der Waals surface area contributed by atoms with Crippen LogP contribution < -0.4 is 16.0 Å². The maximum absolute atomic E-state index is 13.3. The Morgan fingerprint density at radius 3 is 2.48 bits per heavy atom. The Bertz CT molecular complexity index is 1790. The van der Waals surface area contributed by atoms with Crippen molar-refractivity contribution in [3.8, 4) is 0 Å². The first kappa shape index (κ1) is 29.2. The molecule has 0 fully saturated rings. The third-order valence-corrected chi connectivity index (χ3v) is 8.42. The van der Waals surface area contributed by atoms with Gasteiger partial charge in [0.1, 0.15) is 5.70 Å². The van der Waals surface area contributed by atoms with E-state index in [2.05, 4.69) is 36.9 Å². The van der Waals surface area contributed by atoms with Crippen LogP contribution in [0.5, 0.6) is 0 Å². The first-order valence-electron chi connectivity index (χ1n) is 12.9. The van der Waals surface area contributed by atoms with Crippen LogP contribution in [0.15, 0.2) is 112 Å². The van der Waals surface area contributed by atoms with Crippen LogP contribution in [0.1, 0.15) is 21.5 Å². The minimum absolute atomic E-state index is 0.0923. The van der Waals surface area contributed by atoms with Crippen molar-refractivity contribution < 1.29 is 14.4 Å². The molecule has 0 radical (unpaired) electrons. The van der Waals surface area contributed by atoms with Gasteiger partial charge in [-0.25, -0.2) is 4.98 Å². The van der Waals surface area contributed by atoms with Crippen molar-refractivity contribution in [2.45, 2.75) is 11.8 Å². The molecule has 0 aliphatic heterocycles. The molecule has 0 saturated heterocycles. The topological polar surface area (TPSA) is 100 Å². The summed E-state index contributed by atoms with van der Waals surface area (Å²) in [6.45, 7) is 2.02. The van der Waals surface area contributed by atoms with Crippen LogP contribution in [0.2, 0.25) is 0 Å². The molecule has 42 heavy (non-hydrogen) atoms. The first-order valence-corrected chi connectivity index (χ1v) is 15.5. The predicted molar refractivity (Wildman–Crippen MR) is 175 cm³/mol. The van der Waals surface area contributed by atoms with Crippen LogP contribution in [0.3, 0.4) is 0 Å². The number of carbonyl (C=O) groups is 3. The number of aromatic nitrogens is 1. The van der Waals surface area contributed by atoms with E-state index in [1.165, 1.54) is 23.1 Å². The number of amides is 3. The van der Waals surface area contributed by atoms with E-state index >= 15 is 0 Å². The van der Waals surface area contributed by atoms with Gasteiger partial charge in [-0.15, -0.1) is 11.8 Å². The highest BCUT2D eigenvalue weighted by molar-refractivity contribution is 9.10. The van der Waals surface area contributed by atoms with Crippen molar-refractivity contribution in [2.75, 3.05) is 16.4 Å². The highest BCUT2D eigenvalue weighted by Gasteiger charge is 2.16. The molecule has 0 atom stereocenters. The third kappa shape index (κ3) is 7.94. The van der Waals surface area contributed by atoms with Crippen LogP contribution >= 0.6 is 39.0 Å². The zero-order chi connectivity index (χ0) is 29.5. The van der Waals surface area contributed by atoms with Gasteiger partial charge in [-0.1, -0.05) is 69.7 Å². The predicted octanol–water partition coefficient (Wildman–Crippen LogP) is 7.51. The summed E-state index contributed by atoms with van der Waals surface area (Å²) >= 11 is 6.19. The van der Waals surface area contributed by atoms with Gasteiger partial charge in [-0.2, -0.15) is 0 Å². The van der Waals surface area contributed by atoms with Crippen LogP contribution in [-0.2, 0) is 9.59 Å². The number of rotatable bonds is 9. The summed E-state index contributed by atoms with van der Waals surface area (Å²) in [6.07, 6.45) is 1.62. The molecule has 0 unspecified atom stereocenters. The molecule has 3 amide bonds. The molecular formula is C32H25BrN4O3S2. The molecule has 1 aromatic heterocycles. The Labute approximate surface area is 259 Å². The van der Waals surface area contributed by atoms with E-state index in [1.807, 2.05) is 61.5 Å². The second kappa shape index (κ2) is 13.6. The van der Waals surface area contributed by atoms with Gasteiger partial charge < -0.3 is 16.0 Å². The lowest BCUT2D eigenvalue weighted by Gasteiger charge is -2.12. The number of nitrogens with one attached hydrogen (secondary N) is 3. The van der Waals surface area contributed by atoms with Gasteiger partial charge in [0, 0.05) is 20.6 Å². The molecule has 0 bridgehead atoms. The van der Waals surface area contributed by atoms with E-state index in [9.17, 15) is 14.4 Å². The van der Waals surface area contributed by atoms with Gasteiger partial charge in [-0.3, -0.25) is 14.4 Å². The standard InChI is InChI=1S/C32H25BrN4O3S2/c1-20-10-15-26-28(16-20)42-32(36-26)37-29(38)19-41-25-9-5-8-24(18-25)34-31(40)27(17-21-11-13-23(33)14-12-21)35-30(39)22-6-3-2-4-7-22/h2-18H,19H2,1H3,(H,34,40)(H,35,39)(H,36,37,38)/b27-17-. The number of anilines is 2. The van der Waals surface area contributed by atoms with Crippen LogP contribution in [0.25, 0.3) is 16.3 Å². The lowest BCUT2D eigenvalue weighted by molar-refractivity contribution is -0.114. The van der Waals surface area contributed by atoms with Gasteiger partial charge in [-0.05, 0) is 78.7 Å². The Morgan fingerprint density at radius 2 is 1.69 bits per heavy atom. The Hall–Kier alpha value is -4.25. The van der Waals surface area contributed by atoms with Gasteiger partial charge in [0.05, 0.1) is 16.0 Å². The van der Waals surface area contributed by atoms with E-state index in [-0.39, 0.29) is 17.4 Å². The molecule has 3 N–H and O–H groups in total. The largest absolute Gasteiger partial charge is 0.321 e. The number of hydrogen-bond acceptors (Lipinski definition) is 6. The van der Waals surface area contributed by atoms with Crippen LogP contribution in [0, 0.1) is 6.92 Å². The second-order valence-electron chi connectivity index (χ2n) is 9.24. The van der Waals surface area contributed by atoms with Crippen LogP contribution in [0.4, 0.5) is 10.8 Å². The normalized spacial score (nSPS) is 11.2. The van der Waals surface area contributed by atoms with Crippen molar-refractivity contribution in [3.63, 3.8) is 0 Å². The van der Waals surface area contributed by atoms with E-state index in [0.29, 0.717) is 16.4 Å². The number of fused-ring (bicyclic) bond motifs is 1. The van der Waals surface area contributed by atoms with E-state index in [4.69, 9.17) is 0 Å². The maximum Gasteiger partial charge on any atom is 0.272 e. The number of nitrogens with zero attached hydrogens (tertiary/aromatic N) is 1. The molecule has 0 aliphatic carbocycles. The highest BCUT2D eigenvalue weighted by atomic mass is 79.9. The molecule has 10 heteroatoms. The number of benzene rings is 4. The minimum atomic E-state index is -0.479. The molecule has 4 aromatic carbocycles. The number of carbonyl (C=O) groups excluding carboxylic acids is 3. The molecule has 0 saturated carbocycles. The summed E-state index contributed by atoms with van der Waals surface area (Å²) in [5, 5.41) is 9.03. The van der Waals surface area contributed by atoms with Crippen molar-refractivity contribution in [1.29, 1.82) is 0 Å². The smallest absolute Gasteiger partial charge is 0.272 e. The average Bonchev–Trinajstić information content (AvgIpc) is 3.38. The van der Waals surface area contributed by atoms with E-state index < -0.39 is 11.8 Å². The summed E-state index contributed by atoms with van der Waals surface area (Å²) < 4.78 is 1.92. The monoisotopic (exact) mass is 656 g/mol. The Kier molecular flexibility index (Phi) is 9.48. The molecule has 7 nitrogen and oxygen atoms in total. The fourth-order valence-electron chi connectivity index (χ4n) is 3.92. The van der Waals surface area contributed by atoms with Crippen LogP contribution in [-0.4, -0.2) is 28.5 Å². The summed E-state index contributed by atoms with van der Waals surface area (Å²) in [5.74, 6) is -0.872. The summed E-state index contributed by atoms with van der Waals surface area (Å²) in [5.41, 5.74) is 3.80. The van der Waals surface area contributed by atoms with Crippen molar-refractivity contribution in [3.05, 3.63) is 124 Å². The second-order valence-corrected chi connectivity index (χ2v) is 12.2. The molecule has 5 aromatic rings. The van der Waals surface area contributed by atoms with Gasteiger partial charge in [0.15, 0.2) is 5.13 Å². The SMILES string of the molecule is Cc1ccc2nc(NC(=O)CSc3cccc(NC(=O)/C(=C/c4ccc(Br)cc4)NC(=O)c4ccccc4)c3)sc2c1. The Balaban J connectivity index is 1.25. The van der Waals surface area contributed by atoms with Gasteiger partial charge in [0.2, 0.25) is 5.91 Å². The van der Waals surface area contributed by atoms with E-state index in [1.54, 1.807) is 48.5 Å². The number of thioether (sulfide) groups is 1. The molecule has 1 heterocycles. The molecule has 5 rings (SSSR count). The Morgan fingerprint density at radius 1 is 0.905 bits per heavy atom. The average molecular weight is 658 g/mol. The minimum Gasteiger partial charge on any atom is -0.321 e.